The first-order chi connectivity index (χ1) is 9.01. The molecule has 0 aromatic carbocycles. The first kappa shape index (κ1) is 14.2. The molecule has 0 aliphatic rings. The fourth-order valence-corrected chi connectivity index (χ4v) is 3.29. The van der Waals surface area contributed by atoms with Crippen LogP contribution in [0.4, 0.5) is 0 Å². The number of aliphatic hydroxyl groups excluding tert-OH is 1. The van der Waals surface area contributed by atoms with Gasteiger partial charge in [0.25, 0.3) is 0 Å². The maximum atomic E-state index is 12.2. The molecule has 0 aliphatic carbocycles. The zero-order chi connectivity index (χ0) is 13.9. The Kier molecular flexibility index (Phi) is 4.39. The molecule has 1 unspecified atom stereocenters. The van der Waals surface area contributed by atoms with Crippen molar-refractivity contribution in [3.8, 4) is 0 Å². The molecule has 19 heavy (non-hydrogen) atoms. The van der Waals surface area contributed by atoms with Crippen molar-refractivity contribution in [3.05, 3.63) is 44.8 Å². The Labute approximate surface area is 120 Å². The van der Waals surface area contributed by atoms with E-state index in [0.717, 1.165) is 10.4 Å². The van der Waals surface area contributed by atoms with Gasteiger partial charge in [0.15, 0.2) is 0 Å². The molecule has 2 heterocycles. The molecule has 2 aromatic rings. The molecule has 0 saturated heterocycles. The monoisotopic (exact) mass is 295 g/mol. The lowest BCUT2D eigenvalue weighted by molar-refractivity contribution is -0.126. The van der Waals surface area contributed by atoms with E-state index in [1.165, 1.54) is 11.3 Å². The zero-order valence-corrected chi connectivity index (χ0v) is 12.6. The number of amides is 1. The number of aliphatic hydroxyl groups is 1. The summed E-state index contributed by atoms with van der Waals surface area (Å²) < 4.78 is 0. The molecule has 2 rings (SSSR count). The van der Waals surface area contributed by atoms with Crippen LogP contribution in [0.15, 0.2) is 34.3 Å². The predicted octanol–water partition coefficient (Wildman–Crippen LogP) is 2.94. The van der Waals surface area contributed by atoms with Crippen LogP contribution in [-0.4, -0.2) is 17.6 Å². The van der Waals surface area contributed by atoms with Gasteiger partial charge in [0, 0.05) is 11.4 Å². The summed E-state index contributed by atoms with van der Waals surface area (Å²) in [6, 6.07) is 5.76. The summed E-state index contributed by atoms with van der Waals surface area (Å²) in [6.45, 7) is 4.03. The lowest BCUT2D eigenvalue weighted by Gasteiger charge is -2.23. The van der Waals surface area contributed by atoms with Gasteiger partial charge in [0.1, 0.15) is 0 Å². The molecule has 1 atom stereocenters. The molecule has 2 aromatic heterocycles. The highest BCUT2D eigenvalue weighted by Gasteiger charge is 2.30. The minimum atomic E-state index is -0.644. The van der Waals surface area contributed by atoms with Crippen molar-refractivity contribution in [1.29, 1.82) is 0 Å². The number of nitrogens with one attached hydrogen (secondary N) is 1. The van der Waals surface area contributed by atoms with Crippen LogP contribution in [0.3, 0.4) is 0 Å². The molecular formula is C14H17NO2S2. The number of carbonyl (C=O) groups excluding carboxylic acids is 1. The van der Waals surface area contributed by atoms with E-state index >= 15 is 0 Å². The highest BCUT2D eigenvalue weighted by Crippen LogP contribution is 2.27. The topological polar surface area (TPSA) is 49.3 Å². The Morgan fingerprint density at radius 2 is 2.21 bits per heavy atom. The van der Waals surface area contributed by atoms with E-state index in [1.807, 2.05) is 48.2 Å². The van der Waals surface area contributed by atoms with Gasteiger partial charge in [0.05, 0.1) is 11.5 Å². The third-order valence-electron chi connectivity index (χ3n) is 3.09. The maximum Gasteiger partial charge on any atom is 0.231 e. The van der Waals surface area contributed by atoms with Crippen LogP contribution in [0, 0.1) is 0 Å². The summed E-state index contributed by atoms with van der Waals surface area (Å²) in [5.41, 5.74) is 0.280. The van der Waals surface area contributed by atoms with Crippen LogP contribution in [0.2, 0.25) is 0 Å². The van der Waals surface area contributed by atoms with Gasteiger partial charge in [-0.05, 0) is 47.7 Å². The van der Waals surface area contributed by atoms with E-state index < -0.39 is 11.5 Å². The van der Waals surface area contributed by atoms with Crippen LogP contribution in [0.1, 0.15) is 30.4 Å². The second-order valence-electron chi connectivity index (χ2n) is 4.88. The van der Waals surface area contributed by atoms with Crippen molar-refractivity contribution in [2.24, 2.45) is 0 Å². The summed E-state index contributed by atoms with van der Waals surface area (Å²) in [5.74, 6) is -0.0655. The molecule has 0 saturated carbocycles. The SMILES string of the molecule is CC(C)(C(=O)NCC(O)c1ccsc1)c1cccs1. The number of carbonyl (C=O) groups is 1. The number of rotatable bonds is 5. The Balaban J connectivity index is 1.94. The second kappa shape index (κ2) is 5.86. The van der Waals surface area contributed by atoms with Crippen LogP contribution in [0.5, 0.6) is 0 Å². The first-order valence-electron chi connectivity index (χ1n) is 6.04. The molecule has 102 valence electrons. The highest BCUT2D eigenvalue weighted by atomic mass is 32.1. The Hall–Kier alpha value is -1.17. The molecule has 0 bridgehead atoms. The van der Waals surface area contributed by atoms with E-state index in [2.05, 4.69) is 5.32 Å². The normalized spacial score (nSPS) is 13.2. The Bertz CT molecular complexity index is 518. The molecule has 5 heteroatoms. The van der Waals surface area contributed by atoms with Gasteiger partial charge in [0.2, 0.25) is 5.91 Å². The molecule has 3 nitrogen and oxygen atoms in total. The molecule has 0 spiro atoms. The van der Waals surface area contributed by atoms with Crippen molar-refractivity contribution in [3.63, 3.8) is 0 Å². The number of thiophene rings is 2. The number of hydrogen-bond donors (Lipinski definition) is 2. The van der Waals surface area contributed by atoms with E-state index in [4.69, 9.17) is 0 Å². The minimum absolute atomic E-state index is 0.0655. The van der Waals surface area contributed by atoms with Gasteiger partial charge in [-0.25, -0.2) is 0 Å². The lowest BCUT2D eigenvalue weighted by Crippen LogP contribution is -2.41. The van der Waals surface area contributed by atoms with Crippen molar-refractivity contribution in [2.45, 2.75) is 25.4 Å². The molecule has 0 radical (unpaired) electrons. The fraction of sp³-hybridized carbons (Fsp3) is 0.357. The summed E-state index contributed by atoms with van der Waals surface area (Å²) in [5, 5.41) is 18.5. The largest absolute Gasteiger partial charge is 0.387 e. The van der Waals surface area contributed by atoms with E-state index in [-0.39, 0.29) is 12.5 Å². The van der Waals surface area contributed by atoms with Crippen molar-refractivity contribution in [1.82, 2.24) is 5.32 Å². The smallest absolute Gasteiger partial charge is 0.231 e. The van der Waals surface area contributed by atoms with Gasteiger partial charge in [-0.3, -0.25) is 4.79 Å². The first-order valence-corrected chi connectivity index (χ1v) is 7.86. The van der Waals surface area contributed by atoms with Crippen LogP contribution < -0.4 is 5.32 Å². The van der Waals surface area contributed by atoms with Gasteiger partial charge >= 0.3 is 0 Å². The molecule has 0 fully saturated rings. The van der Waals surface area contributed by atoms with Crippen molar-refractivity contribution < 1.29 is 9.90 Å². The highest BCUT2D eigenvalue weighted by molar-refractivity contribution is 7.10. The minimum Gasteiger partial charge on any atom is -0.387 e. The van der Waals surface area contributed by atoms with Crippen LogP contribution in [0.25, 0.3) is 0 Å². The fourth-order valence-electron chi connectivity index (χ4n) is 1.74. The lowest BCUT2D eigenvalue weighted by atomic mass is 9.90. The van der Waals surface area contributed by atoms with Crippen molar-refractivity contribution in [2.75, 3.05) is 6.54 Å². The molecule has 1 amide bonds. The summed E-state index contributed by atoms with van der Waals surface area (Å²) in [6.07, 6.45) is -0.644. The van der Waals surface area contributed by atoms with Gasteiger partial charge < -0.3 is 10.4 Å². The summed E-state index contributed by atoms with van der Waals surface area (Å²) in [4.78, 5) is 13.2. The standard InChI is InChI=1S/C14H17NO2S2/c1-14(2,12-4-3-6-19-12)13(17)15-8-11(16)10-5-7-18-9-10/h3-7,9,11,16H,8H2,1-2H3,(H,15,17). The number of hydrogen-bond acceptors (Lipinski definition) is 4. The van der Waals surface area contributed by atoms with Crippen LogP contribution >= 0.6 is 22.7 Å². The Morgan fingerprint density at radius 3 is 2.79 bits per heavy atom. The van der Waals surface area contributed by atoms with E-state index in [0.29, 0.717) is 0 Å². The maximum absolute atomic E-state index is 12.2. The molecule has 2 N–H and O–H groups in total. The molecule has 0 aliphatic heterocycles. The van der Waals surface area contributed by atoms with Gasteiger partial charge in [-0.2, -0.15) is 11.3 Å². The third kappa shape index (κ3) is 3.23. The average Bonchev–Trinajstić information content (AvgIpc) is 3.06. The van der Waals surface area contributed by atoms with Gasteiger partial charge in [-0.1, -0.05) is 6.07 Å². The van der Waals surface area contributed by atoms with Gasteiger partial charge in [-0.15, -0.1) is 11.3 Å². The summed E-state index contributed by atoms with van der Waals surface area (Å²) >= 11 is 3.10. The van der Waals surface area contributed by atoms with Crippen molar-refractivity contribution >= 4 is 28.6 Å². The predicted molar refractivity (Wildman–Crippen MR) is 79.6 cm³/mol. The zero-order valence-electron chi connectivity index (χ0n) is 10.9. The average molecular weight is 295 g/mol. The quantitative estimate of drug-likeness (QED) is 0.891. The molecular weight excluding hydrogens is 278 g/mol. The third-order valence-corrected chi connectivity index (χ3v) is 4.98. The second-order valence-corrected chi connectivity index (χ2v) is 6.61. The Morgan fingerprint density at radius 1 is 1.42 bits per heavy atom. The van der Waals surface area contributed by atoms with Crippen LogP contribution in [-0.2, 0) is 10.2 Å². The van der Waals surface area contributed by atoms with E-state index in [9.17, 15) is 9.90 Å². The summed E-state index contributed by atoms with van der Waals surface area (Å²) in [7, 11) is 0. The van der Waals surface area contributed by atoms with E-state index in [1.54, 1.807) is 11.3 Å².